The maximum atomic E-state index is 11.5. The Morgan fingerprint density at radius 3 is 2.17 bits per heavy atom. The largest absolute Gasteiger partial charge is 0.465 e. The number of esters is 1. The highest BCUT2D eigenvalue weighted by atomic mass is 16.5. The maximum absolute atomic E-state index is 11.5. The molecule has 2 saturated heterocycles. The quantitative estimate of drug-likeness (QED) is 0.623. The molecule has 0 aromatic heterocycles. The summed E-state index contributed by atoms with van der Waals surface area (Å²) in [6.45, 7) is 13.8. The third-order valence-corrected chi connectivity index (χ3v) is 4.84. The summed E-state index contributed by atoms with van der Waals surface area (Å²) >= 11 is 0. The molecule has 2 heterocycles. The van der Waals surface area contributed by atoms with Crippen molar-refractivity contribution in [1.29, 1.82) is 0 Å². The van der Waals surface area contributed by atoms with Crippen molar-refractivity contribution in [2.75, 3.05) is 13.2 Å². The number of cyclic esters (lactones) is 1. The first kappa shape index (κ1) is 19.9. The molecule has 1 unspecified atom stereocenters. The molecule has 0 radical (unpaired) electrons. The van der Waals surface area contributed by atoms with Crippen LogP contribution in [0.25, 0.3) is 0 Å². The van der Waals surface area contributed by atoms with Gasteiger partial charge in [-0.3, -0.25) is 14.5 Å². The van der Waals surface area contributed by atoms with Crippen molar-refractivity contribution in [3.05, 3.63) is 0 Å². The second-order valence-electron chi connectivity index (χ2n) is 7.47. The number of carbonyl (C=O) groups excluding carboxylic acids is 2. The summed E-state index contributed by atoms with van der Waals surface area (Å²) in [5.74, 6) is 0.372. The average Bonchev–Trinajstić information content (AvgIpc) is 2.91. The molecule has 0 aromatic rings. The molecule has 0 aliphatic carbocycles. The number of rotatable bonds is 5. The number of nitrogens with one attached hydrogen (secondary N) is 1. The van der Waals surface area contributed by atoms with Gasteiger partial charge in [-0.25, -0.2) is 0 Å². The van der Waals surface area contributed by atoms with Crippen LogP contribution in [0.5, 0.6) is 0 Å². The first-order valence-electron chi connectivity index (χ1n) is 8.93. The molecule has 134 valence electrons. The molecule has 23 heavy (non-hydrogen) atoms. The lowest BCUT2D eigenvalue weighted by Gasteiger charge is -2.36. The third-order valence-electron chi connectivity index (χ3n) is 4.84. The van der Waals surface area contributed by atoms with Crippen molar-refractivity contribution in [1.82, 2.24) is 10.2 Å². The predicted molar refractivity (Wildman–Crippen MR) is 91.9 cm³/mol. The van der Waals surface area contributed by atoms with Crippen LogP contribution in [0, 0.1) is 5.92 Å². The summed E-state index contributed by atoms with van der Waals surface area (Å²) in [4.78, 5) is 24.6. The number of nitrogens with zero attached hydrogens (tertiary/aromatic N) is 1. The monoisotopic (exact) mass is 326 g/mol. The molecule has 2 rings (SSSR count). The second-order valence-corrected chi connectivity index (χ2v) is 7.47. The van der Waals surface area contributed by atoms with E-state index in [1.165, 1.54) is 19.3 Å². The van der Waals surface area contributed by atoms with Gasteiger partial charge in [-0.2, -0.15) is 0 Å². The SMILES string of the molecule is CCCCCC1CCOC1=O.CCN1C(C)(C)NC(=O)C1(C)C. The van der Waals surface area contributed by atoms with Crippen LogP contribution in [-0.4, -0.2) is 41.1 Å². The zero-order valence-electron chi connectivity index (χ0n) is 15.7. The van der Waals surface area contributed by atoms with Gasteiger partial charge in [-0.15, -0.1) is 0 Å². The molecule has 5 nitrogen and oxygen atoms in total. The van der Waals surface area contributed by atoms with Crippen LogP contribution in [-0.2, 0) is 14.3 Å². The van der Waals surface area contributed by atoms with E-state index in [9.17, 15) is 9.59 Å². The average molecular weight is 326 g/mol. The lowest BCUT2D eigenvalue weighted by Crippen LogP contribution is -2.51. The smallest absolute Gasteiger partial charge is 0.309 e. The van der Waals surface area contributed by atoms with Crippen molar-refractivity contribution in [2.24, 2.45) is 5.92 Å². The van der Waals surface area contributed by atoms with E-state index in [4.69, 9.17) is 4.74 Å². The molecule has 5 heteroatoms. The van der Waals surface area contributed by atoms with Gasteiger partial charge in [0.1, 0.15) is 0 Å². The fourth-order valence-electron chi connectivity index (χ4n) is 3.55. The highest BCUT2D eigenvalue weighted by molar-refractivity contribution is 5.88. The van der Waals surface area contributed by atoms with E-state index in [1.807, 2.05) is 27.7 Å². The molecule has 0 bridgehead atoms. The molecule has 1 N–H and O–H groups in total. The minimum Gasteiger partial charge on any atom is -0.465 e. The van der Waals surface area contributed by atoms with E-state index in [-0.39, 0.29) is 29.0 Å². The van der Waals surface area contributed by atoms with Crippen LogP contribution in [0.4, 0.5) is 0 Å². The Morgan fingerprint density at radius 2 is 1.83 bits per heavy atom. The number of carbonyl (C=O) groups is 2. The van der Waals surface area contributed by atoms with Crippen LogP contribution in [0.15, 0.2) is 0 Å². The van der Waals surface area contributed by atoms with Gasteiger partial charge in [0.2, 0.25) is 5.91 Å². The highest BCUT2D eigenvalue weighted by Crippen LogP contribution is 2.29. The van der Waals surface area contributed by atoms with Gasteiger partial charge < -0.3 is 10.1 Å². The van der Waals surface area contributed by atoms with Gasteiger partial charge in [0, 0.05) is 0 Å². The van der Waals surface area contributed by atoms with E-state index < -0.39 is 0 Å². The number of unbranched alkanes of at least 4 members (excludes halogenated alkanes) is 2. The normalized spacial score (nSPS) is 25.6. The van der Waals surface area contributed by atoms with Gasteiger partial charge in [0.15, 0.2) is 0 Å². The standard InChI is InChI=1S/C9H18N2O.C9H16O2/c1-6-11-8(2,3)7(12)10-9(11,4)5;1-2-3-4-5-8-6-7-11-9(8)10/h6H2,1-5H3,(H,10,12);8H,2-7H2,1H3. The van der Waals surface area contributed by atoms with Crippen molar-refractivity contribution in [3.63, 3.8) is 0 Å². The first-order valence-corrected chi connectivity index (χ1v) is 8.93. The van der Waals surface area contributed by atoms with Crippen LogP contribution in [0.2, 0.25) is 0 Å². The summed E-state index contributed by atoms with van der Waals surface area (Å²) in [5.41, 5.74) is -0.562. The predicted octanol–water partition coefficient (Wildman–Crippen LogP) is 3.08. The molecule has 1 atom stereocenters. The topological polar surface area (TPSA) is 58.6 Å². The van der Waals surface area contributed by atoms with E-state index >= 15 is 0 Å². The Labute approximate surface area is 141 Å². The van der Waals surface area contributed by atoms with Gasteiger partial charge in [-0.05, 0) is 47.1 Å². The Kier molecular flexibility index (Phi) is 7.05. The maximum Gasteiger partial charge on any atom is 0.309 e. The number of likely N-dealkylation sites (N-methyl/N-ethyl adjacent to an activating group) is 1. The van der Waals surface area contributed by atoms with E-state index in [1.54, 1.807) is 0 Å². The zero-order chi connectivity index (χ0) is 17.7. The number of hydrogen-bond acceptors (Lipinski definition) is 4. The van der Waals surface area contributed by atoms with E-state index in [0.29, 0.717) is 6.61 Å². The van der Waals surface area contributed by atoms with Crippen LogP contribution in [0.3, 0.4) is 0 Å². The Balaban J connectivity index is 0.000000231. The lowest BCUT2D eigenvalue weighted by atomic mass is 10.0. The Bertz CT molecular complexity index is 418. The molecular formula is C18H34N2O3. The first-order chi connectivity index (χ1) is 10.7. The number of ether oxygens (including phenoxy) is 1. The summed E-state index contributed by atoms with van der Waals surface area (Å²) in [6, 6.07) is 0. The molecule has 1 amide bonds. The van der Waals surface area contributed by atoms with E-state index in [0.717, 1.165) is 19.4 Å². The third kappa shape index (κ3) is 4.93. The van der Waals surface area contributed by atoms with Gasteiger partial charge >= 0.3 is 5.97 Å². The van der Waals surface area contributed by atoms with Crippen molar-refractivity contribution >= 4 is 11.9 Å². The summed E-state index contributed by atoms with van der Waals surface area (Å²) in [6.07, 6.45) is 5.62. The summed E-state index contributed by atoms with van der Waals surface area (Å²) in [7, 11) is 0. The summed E-state index contributed by atoms with van der Waals surface area (Å²) in [5, 5.41) is 2.97. The summed E-state index contributed by atoms with van der Waals surface area (Å²) < 4.78 is 4.86. The molecule has 2 fully saturated rings. The van der Waals surface area contributed by atoms with Crippen molar-refractivity contribution in [2.45, 2.75) is 84.8 Å². The van der Waals surface area contributed by atoms with Crippen LogP contribution >= 0.6 is 0 Å². The number of amides is 1. The van der Waals surface area contributed by atoms with Crippen molar-refractivity contribution in [3.8, 4) is 0 Å². The van der Waals surface area contributed by atoms with Crippen LogP contribution in [0.1, 0.15) is 73.6 Å². The minimum absolute atomic E-state index is 0.0288. The van der Waals surface area contributed by atoms with Crippen LogP contribution < -0.4 is 5.32 Å². The van der Waals surface area contributed by atoms with E-state index in [2.05, 4.69) is 24.1 Å². The highest BCUT2D eigenvalue weighted by Gasteiger charge is 2.49. The molecule has 0 spiro atoms. The van der Waals surface area contributed by atoms with Crippen molar-refractivity contribution < 1.29 is 14.3 Å². The molecule has 0 saturated carbocycles. The zero-order valence-corrected chi connectivity index (χ0v) is 15.7. The molecule has 2 aliphatic rings. The number of hydrogen-bond donors (Lipinski definition) is 1. The van der Waals surface area contributed by atoms with Gasteiger partial charge in [-0.1, -0.05) is 33.1 Å². The second kappa shape index (κ2) is 8.13. The fourth-order valence-corrected chi connectivity index (χ4v) is 3.55. The Morgan fingerprint density at radius 1 is 1.17 bits per heavy atom. The Hall–Kier alpha value is -1.10. The van der Waals surface area contributed by atoms with Gasteiger partial charge in [0.05, 0.1) is 23.7 Å². The molecule has 0 aromatic carbocycles. The lowest BCUT2D eigenvalue weighted by molar-refractivity contribution is -0.141. The minimum atomic E-state index is -0.363. The molecular weight excluding hydrogens is 292 g/mol. The fraction of sp³-hybridized carbons (Fsp3) is 0.889. The van der Waals surface area contributed by atoms with Gasteiger partial charge in [0.25, 0.3) is 0 Å². The molecule has 2 aliphatic heterocycles.